The van der Waals surface area contributed by atoms with Gasteiger partial charge in [0, 0.05) is 12.6 Å². The second-order valence-electron chi connectivity index (χ2n) is 5.42. The van der Waals surface area contributed by atoms with Gasteiger partial charge in [0.05, 0.1) is 12.0 Å². The van der Waals surface area contributed by atoms with Gasteiger partial charge in [-0.2, -0.15) is 0 Å². The van der Waals surface area contributed by atoms with Crippen LogP contribution >= 0.6 is 0 Å². The van der Waals surface area contributed by atoms with Crippen LogP contribution in [0, 0.1) is 0 Å². The van der Waals surface area contributed by atoms with Crippen molar-refractivity contribution in [1.29, 1.82) is 0 Å². The predicted molar refractivity (Wildman–Crippen MR) is 91.1 cm³/mol. The van der Waals surface area contributed by atoms with E-state index in [2.05, 4.69) is 4.72 Å². The maximum atomic E-state index is 12.3. The molecule has 1 atom stereocenters. The molecule has 0 saturated carbocycles. The molecule has 0 amide bonds. The summed E-state index contributed by atoms with van der Waals surface area (Å²) >= 11 is 0. The maximum absolute atomic E-state index is 12.3. The lowest BCUT2D eigenvalue weighted by Gasteiger charge is -2.25. The Morgan fingerprint density at radius 1 is 1.04 bits per heavy atom. The van der Waals surface area contributed by atoms with Gasteiger partial charge in [0.2, 0.25) is 10.0 Å². The average molecular weight is 334 g/mol. The molecule has 2 aromatic carbocycles. The first-order valence-electron chi connectivity index (χ1n) is 7.29. The topological polar surface area (TPSA) is 58.6 Å². The van der Waals surface area contributed by atoms with Crippen LogP contribution < -0.4 is 9.46 Å². The molecule has 1 unspecified atom stereocenters. The van der Waals surface area contributed by atoms with E-state index in [0.717, 1.165) is 11.3 Å². The Kier molecular flexibility index (Phi) is 5.76. The molecule has 0 radical (unpaired) electrons. The van der Waals surface area contributed by atoms with Crippen molar-refractivity contribution < 1.29 is 13.2 Å². The first kappa shape index (κ1) is 17.5. The molecule has 124 valence electrons. The van der Waals surface area contributed by atoms with Gasteiger partial charge in [-0.1, -0.05) is 30.3 Å². The molecule has 0 aliphatic heterocycles. The van der Waals surface area contributed by atoms with Gasteiger partial charge in [0.1, 0.15) is 5.75 Å². The van der Waals surface area contributed by atoms with Gasteiger partial charge in [-0.3, -0.25) is 0 Å². The number of sulfonamides is 1. The van der Waals surface area contributed by atoms with Crippen molar-refractivity contribution in [3.05, 3.63) is 60.2 Å². The fourth-order valence-electron chi connectivity index (χ4n) is 2.30. The van der Waals surface area contributed by atoms with Crippen molar-refractivity contribution in [2.45, 2.75) is 10.9 Å². The standard InChI is InChI=1S/C17H22N2O3S/c1-19(2)17(14-9-11-15(22-3)12-10-14)13-18-23(20,21)16-7-5-4-6-8-16/h4-12,17-18H,13H2,1-3H3. The van der Waals surface area contributed by atoms with E-state index in [9.17, 15) is 8.42 Å². The first-order valence-corrected chi connectivity index (χ1v) is 8.77. The third-order valence-electron chi connectivity index (χ3n) is 3.64. The minimum absolute atomic E-state index is 0.0700. The highest BCUT2D eigenvalue weighted by molar-refractivity contribution is 7.89. The van der Waals surface area contributed by atoms with Crippen molar-refractivity contribution in [3.63, 3.8) is 0 Å². The van der Waals surface area contributed by atoms with Crippen molar-refractivity contribution in [3.8, 4) is 5.75 Å². The monoisotopic (exact) mass is 334 g/mol. The van der Waals surface area contributed by atoms with Crippen LogP contribution in [0.25, 0.3) is 0 Å². The molecule has 2 rings (SSSR count). The predicted octanol–water partition coefficient (Wildman–Crippen LogP) is 2.28. The number of ether oxygens (including phenoxy) is 1. The highest BCUT2D eigenvalue weighted by Crippen LogP contribution is 2.21. The van der Waals surface area contributed by atoms with E-state index in [1.807, 2.05) is 43.3 Å². The fourth-order valence-corrected chi connectivity index (χ4v) is 3.36. The number of likely N-dealkylation sites (N-methyl/N-ethyl adjacent to an activating group) is 1. The Bertz CT molecular complexity index is 713. The molecule has 0 heterocycles. The van der Waals surface area contributed by atoms with Crippen LogP contribution in [-0.2, 0) is 10.0 Å². The largest absolute Gasteiger partial charge is 0.497 e. The molecule has 2 aromatic rings. The van der Waals surface area contributed by atoms with Gasteiger partial charge < -0.3 is 9.64 Å². The van der Waals surface area contributed by atoms with Crippen molar-refractivity contribution in [2.24, 2.45) is 0 Å². The summed E-state index contributed by atoms with van der Waals surface area (Å²) < 4.78 is 32.5. The maximum Gasteiger partial charge on any atom is 0.240 e. The van der Waals surface area contributed by atoms with Crippen LogP contribution in [0.1, 0.15) is 11.6 Å². The van der Waals surface area contributed by atoms with E-state index >= 15 is 0 Å². The summed E-state index contributed by atoms with van der Waals surface area (Å²) in [6.07, 6.45) is 0. The van der Waals surface area contributed by atoms with E-state index in [4.69, 9.17) is 4.74 Å². The lowest BCUT2D eigenvalue weighted by molar-refractivity contribution is 0.299. The summed E-state index contributed by atoms with van der Waals surface area (Å²) in [4.78, 5) is 2.25. The number of rotatable bonds is 7. The van der Waals surface area contributed by atoms with Crippen LogP contribution in [0.4, 0.5) is 0 Å². The number of hydrogen-bond acceptors (Lipinski definition) is 4. The van der Waals surface area contributed by atoms with Gasteiger partial charge in [0.15, 0.2) is 0 Å². The third kappa shape index (κ3) is 4.54. The zero-order valence-corrected chi connectivity index (χ0v) is 14.4. The quantitative estimate of drug-likeness (QED) is 0.844. The Morgan fingerprint density at radius 3 is 2.17 bits per heavy atom. The van der Waals surface area contributed by atoms with Crippen LogP contribution in [0.15, 0.2) is 59.5 Å². The van der Waals surface area contributed by atoms with Gasteiger partial charge in [-0.05, 0) is 43.9 Å². The third-order valence-corrected chi connectivity index (χ3v) is 5.08. The zero-order chi connectivity index (χ0) is 16.9. The molecule has 0 bridgehead atoms. The molecule has 0 aromatic heterocycles. The number of nitrogens with one attached hydrogen (secondary N) is 1. The van der Waals surface area contributed by atoms with Crippen LogP contribution in [-0.4, -0.2) is 41.1 Å². The highest BCUT2D eigenvalue weighted by atomic mass is 32.2. The number of hydrogen-bond donors (Lipinski definition) is 1. The number of methoxy groups -OCH3 is 1. The summed E-state index contributed by atoms with van der Waals surface area (Å²) in [6, 6.07) is 15.9. The Hall–Kier alpha value is -1.89. The van der Waals surface area contributed by atoms with Gasteiger partial charge in [0.25, 0.3) is 0 Å². The molecule has 1 N–H and O–H groups in total. The molecular weight excluding hydrogens is 312 g/mol. The molecule has 5 nitrogen and oxygen atoms in total. The Balaban J connectivity index is 2.14. The minimum atomic E-state index is -3.51. The minimum Gasteiger partial charge on any atom is -0.497 e. The second-order valence-corrected chi connectivity index (χ2v) is 7.18. The van der Waals surface area contributed by atoms with Gasteiger partial charge in [-0.15, -0.1) is 0 Å². The number of nitrogens with zero attached hydrogens (tertiary/aromatic N) is 1. The Morgan fingerprint density at radius 2 is 1.65 bits per heavy atom. The lowest BCUT2D eigenvalue weighted by atomic mass is 10.1. The number of benzene rings is 2. The zero-order valence-electron chi connectivity index (χ0n) is 13.6. The molecule has 0 aliphatic carbocycles. The van der Waals surface area contributed by atoms with E-state index in [0.29, 0.717) is 0 Å². The van der Waals surface area contributed by atoms with Crippen LogP contribution in [0.2, 0.25) is 0 Å². The summed E-state index contributed by atoms with van der Waals surface area (Å²) in [5, 5.41) is 0. The molecule has 6 heteroatoms. The molecule has 0 saturated heterocycles. The highest BCUT2D eigenvalue weighted by Gasteiger charge is 2.19. The van der Waals surface area contributed by atoms with Crippen LogP contribution in [0.5, 0.6) is 5.75 Å². The summed E-state index contributed by atoms with van der Waals surface area (Å²) in [5.41, 5.74) is 1.02. The normalized spacial score (nSPS) is 13.0. The van der Waals surface area contributed by atoms with E-state index in [1.54, 1.807) is 37.4 Å². The Labute approximate surface area is 137 Å². The fraction of sp³-hybridized carbons (Fsp3) is 0.294. The lowest BCUT2D eigenvalue weighted by Crippen LogP contribution is -2.34. The molecule has 0 aliphatic rings. The molecular formula is C17H22N2O3S. The summed E-state index contributed by atoms with van der Waals surface area (Å²) in [5.74, 6) is 0.774. The summed E-state index contributed by atoms with van der Waals surface area (Å²) in [6.45, 7) is 0.288. The van der Waals surface area contributed by atoms with Crippen molar-refractivity contribution in [2.75, 3.05) is 27.7 Å². The van der Waals surface area contributed by atoms with Gasteiger partial charge in [-0.25, -0.2) is 13.1 Å². The average Bonchev–Trinajstić information content (AvgIpc) is 2.56. The first-order chi connectivity index (χ1) is 10.9. The molecule has 0 spiro atoms. The van der Waals surface area contributed by atoms with Crippen molar-refractivity contribution >= 4 is 10.0 Å². The summed E-state index contributed by atoms with van der Waals surface area (Å²) in [7, 11) is 1.95. The van der Waals surface area contributed by atoms with E-state index in [-0.39, 0.29) is 17.5 Å². The van der Waals surface area contributed by atoms with Crippen LogP contribution in [0.3, 0.4) is 0 Å². The van der Waals surface area contributed by atoms with E-state index < -0.39 is 10.0 Å². The van der Waals surface area contributed by atoms with Gasteiger partial charge >= 0.3 is 0 Å². The van der Waals surface area contributed by atoms with E-state index in [1.165, 1.54) is 0 Å². The molecule has 0 fully saturated rings. The smallest absolute Gasteiger partial charge is 0.240 e. The SMILES string of the molecule is COc1ccc(C(CNS(=O)(=O)c2ccccc2)N(C)C)cc1. The van der Waals surface area contributed by atoms with Crippen molar-refractivity contribution in [1.82, 2.24) is 9.62 Å². The second kappa shape index (κ2) is 7.59. The molecule has 23 heavy (non-hydrogen) atoms.